The maximum Gasteiger partial charge on any atom is 0.418 e. The lowest BCUT2D eigenvalue weighted by Crippen LogP contribution is -2.36. The van der Waals surface area contributed by atoms with Crippen molar-refractivity contribution in [3.05, 3.63) is 34.6 Å². The Kier molecular flexibility index (Phi) is 5.63. The highest BCUT2D eigenvalue weighted by Gasteiger charge is 2.35. The van der Waals surface area contributed by atoms with Gasteiger partial charge in [-0.1, -0.05) is 11.6 Å². The van der Waals surface area contributed by atoms with Crippen LogP contribution in [0.25, 0.3) is 5.69 Å². The molecule has 2 aromatic rings. The van der Waals surface area contributed by atoms with Crippen LogP contribution >= 0.6 is 11.6 Å². The van der Waals surface area contributed by atoms with Crippen molar-refractivity contribution in [2.24, 2.45) is 0 Å². The molecule has 0 unspecified atom stereocenters. The highest BCUT2D eigenvalue weighted by molar-refractivity contribution is 6.30. The summed E-state index contributed by atoms with van der Waals surface area (Å²) in [5, 5.41) is 19.7. The van der Waals surface area contributed by atoms with Crippen LogP contribution in [-0.4, -0.2) is 48.8 Å². The Bertz CT molecular complexity index is 763. The van der Waals surface area contributed by atoms with E-state index in [-0.39, 0.29) is 35.7 Å². The number of hydrogen-bond acceptors (Lipinski definition) is 5. The van der Waals surface area contributed by atoms with E-state index in [9.17, 15) is 18.0 Å². The van der Waals surface area contributed by atoms with E-state index in [1.165, 1.54) is 17.0 Å². The van der Waals surface area contributed by atoms with E-state index in [4.69, 9.17) is 16.7 Å². The number of aromatic nitrogens is 4. The minimum atomic E-state index is -4.65. The molecule has 136 valence electrons. The van der Waals surface area contributed by atoms with Crippen LogP contribution in [0.4, 0.5) is 13.2 Å². The third kappa shape index (κ3) is 4.67. The summed E-state index contributed by atoms with van der Waals surface area (Å²) in [6, 6.07) is 3.09. The fourth-order valence-corrected chi connectivity index (χ4v) is 2.36. The molecule has 0 aliphatic carbocycles. The first-order chi connectivity index (χ1) is 11.6. The second kappa shape index (κ2) is 7.36. The predicted molar refractivity (Wildman–Crippen MR) is 82.3 cm³/mol. The first-order valence-electron chi connectivity index (χ1n) is 7.19. The first-order valence-corrected chi connectivity index (χ1v) is 7.57. The molecule has 11 heteroatoms. The number of halogens is 4. The van der Waals surface area contributed by atoms with Crippen molar-refractivity contribution in [3.63, 3.8) is 0 Å². The highest BCUT2D eigenvalue weighted by atomic mass is 35.5. The summed E-state index contributed by atoms with van der Waals surface area (Å²) in [5.41, 5.74) is -1.26. The van der Waals surface area contributed by atoms with Gasteiger partial charge in [-0.15, -0.1) is 5.10 Å². The Labute approximate surface area is 146 Å². The zero-order chi connectivity index (χ0) is 18.8. The average Bonchev–Trinajstić information content (AvgIpc) is 2.93. The number of tetrazole rings is 1. The van der Waals surface area contributed by atoms with E-state index < -0.39 is 17.7 Å². The van der Waals surface area contributed by atoms with Crippen molar-refractivity contribution >= 4 is 17.6 Å². The molecule has 2 rings (SSSR count). The van der Waals surface area contributed by atoms with Crippen LogP contribution < -0.4 is 0 Å². The molecular weight excluding hydrogens is 363 g/mol. The summed E-state index contributed by atoms with van der Waals surface area (Å²) in [6.45, 7) is 3.20. The summed E-state index contributed by atoms with van der Waals surface area (Å²) >= 11 is 5.67. The Morgan fingerprint density at radius 3 is 2.64 bits per heavy atom. The van der Waals surface area contributed by atoms with Crippen molar-refractivity contribution in [3.8, 4) is 5.69 Å². The second-order valence-corrected chi connectivity index (χ2v) is 6.00. The molecule has 0 bridgehead atoms. The third-order valence-electron chi connectivity index (χ3n) is 3.44. The van der Waals surface area contributed by atoms with Crippen LogP contribution in [0.15, 0.2) is 18.2 Å². The molecule has 0 amide bonds. The topological polar surface area (TPSA) is 84.1 Å². The third-order valence-corrected chi connectivity index (χ3v) is 3.67. The van der Waals surface area contributed by atoms with Gasteiger partial charge in [-0.2, -0.15) is 17.9 Å². The lowest BCUT2D eigenvalue weighted by Gasteiger charge is -2.24. The Morgan fingerprint density at radius 2 is 2.08 bits per heavy atom. The molecule has 1 N–H and O–H groups in total. The smallest absolute Gasteiger partial charge is 0.418 e. The molecule has 0 saturated heterocycles. The molecule has 7 nitrogen and oxygen atoms in total. The fraction of sp³-hybridized carbons (Fsp3) is 0.429. The van der Waals surface area contributed by atoms with Gasteiger partial charge in [0.05, 0.1) is 24.3 Å². The number of carboxylic acid groups (broad SMARTS) is 1. The van der Waals surface area contributed by atoms with Crippen LogP contribution in [0.1, 0.15) is 25.2 Å². The van der Waals surface area contributed by atoms with Crippen molar-refractivity contribution < 1.29 is 23.1 Å². The standard InChI is InChI=1S/C14H15ClF3N5O2/c1-8(2)22(7-13(24)25)6-12-19-20-21-23(12)11-4-3-9(15)5-10(11)14(16,17)18/h3-5,8H,6-7H2,1-2H3,(H,24,25). The van der Waals surface area contributed by atoms with Gasteiger partial charge in [0.15, 0.2) is 5.82 Å². The molecule has 1 heterocycles. The lowest BCUT2D eigenvalue weighted by molar-refractivity contribution is -0.139. The van der Waals surface area contributed by atoms with E-state index in [0.29, 0.717) is 0 Å². The number of carboxylic acids is 1. The first kappa shape index (κ1) is 19.1. The summed E-state index contributed by atoms with van der Waals surface area (Å²) in [7, 11) is 0. The molecule has 0 radical (unpaired) electrons. The monoisotopic (exact) mass is 377 g/mol. The van der Waals surface area contributed by atoms with Crippen LogP contribution in [0.3, 0.4) is 0 Å². The number of nitrogens with zero attached hydrogens (tertiary/aromatic N) is 5. The van der Waals surface area contributed by atoms with Crippen LogP contribution in [0.5, 0.6) is 0 Å². The van der Waals surface area contributed by atoms with E-state index >= 15 is 0 Å². The predicted octanol–water partition coefficient (Wildman–Crippen LogP) is 2.63. The van der Waals surface area contributed by atoms with Crippen LogP contribution in [-0.2, 0) is 17.5 Å². The van der Waals surface area contributed by atoms with Crippen LogP contribution in [0.2, 0.25) is 5.02 Å². The average molecular weight is 378 g/mol. The minimum Gasteiger partial charge on any atom is -0.480 e. The zero-order valence-electron chi connectivity index (χ0n) is 13.3. The van der Waals surface area contributed by atoms with E-state index in [2.05, 4.69) is 15.5 Å². The van der Waals surface area contributed by atoms with Gasteiger partial charge in [0, 0.05) is 11.1 Å². The summed E-state index contributed by atoms with van der Waals surface area (Å²) < 4.78 is 40.8. The molecule has 1 aromatic heterocycles. The maximum absolute atomic E-state index is 13.3. The van der Waals surface area contributed by atoms with E-state index in [1.54, 1.807) is 13.8 Å². The van der Waals surface area contributed by atoms with Crippen molar-refractivity contribution in [2.75, 3.05) is 6.54 Å². The number of benzene rings is 1. The van der Waals surface area contributed by atoms with E-state index in [1.807, 2.05) is 0 Å². The molecule has 25 heavy (non-hydrogen) atoms. The van der Waals surface area contributed by atoms with Gasteiger partial charge in [0.1, 0.15) is 0 Å². The molecule has 0 aliphatic heterocycles. The summed E-state index contributed by atoms with van der Waals surface area (Å²) in [6.07, 6.45) is -4.65. The summed E-state index contributed by atoms with van der Waals surface area (Å²) in [5.74, 6) is -0.974. The molecular formula is C14H15ClF3N5O2. The molecule has 0 fully saturated rings. The van der Waals surface area contributed by atoms with Crippen LogP contribution in [0, 0.1) is 0 Å². The van der Waals surface area contributed by atoms with Gasteiger partial charge < -0.3 is 5.11 Å². The van der Waals surface area contributed by atoms with Crippen molar-refractivity contribution in [1.82, 2.24) is 25.1 Å². The molecule has 0 atom stereocenters. The lowest BCUT2D eigenvalue weighted by atomic mass is 10.1. The minimum absolute atomic E-state index is 0.0309. The number of aliphatic carboxylic acids is 1. The highest BCUT2D eigenvalue weighted by Crippen LogP contribution is 2.35. The van der Waals surface area contributed by atoms with Gasteiger partial charge in [-0.3, -0.25) is 9.69 Å². The largest absolute Gasteiger partial charge is 0.480 e. The van der Waals surface area contributed by atoms with E-state index in [0.717, 1.165) is 10.7 Å². The second-order valence-electron chi connectivity index (χ2n) is 5.56. The number of alkyl halides is 3. The van der Waals surface area contributed by atoms with Crippen molar-refractivity contribution in [1.29, 1.82) is 0 Å². The SMILES string of the molecule is CC(C)N(CC(=O)O)Cc1nnnn1-c1ccc(Cl)cc1C(F)(F)F. The van der Waals surface area contributed by atoms with Gasteiger partial charge in [-0.05, 0) is 42.5 Å². The van der Waals surface area contributed by atoms with Gasteiger partial charge >= 0.3 is 12.1 Å². The Hall–Kier alpha value is -2.20. The zero-order valence-corrected chi connectivity index (χ0v) is 14.1. The maximum atomic E-state index is 13.3. The molecule has 0 saturated carbocycles. The van der Waals surface area contributed by atoms with Gasteiger partial charge in [0.25, 0.3) is 0 Å². The molecule has 1 aromatic carbocycles. The Morgan fingerprint density at radius 1 is 1.40 bits per heavy atom. The number of hydrogen-bond donors (Lipinski definition) is 1. The fourth-order valence-electron chi connectivity index (χ4n) is 2.19. The molecule has 0 aliphatic rings. The number of carbonyl (C=O) groups is 1. The van der Waals surface area contributed by atoms with Gasteiger partial charge in [0.2, 0.25) is 0 Å². The number of rotatable bonds is 6. The summed E-state index contributed by atoms with van der Waals surface area (Å²) in [4.78, 5) is 12.5. The molecule has 0 spiro atoms. The van der Waals surface area contributed by atoms with Gasteiger partial charge in [-0.25, -0.2) is 0 Å². The van der Waals surface area contributed by atoms with Crippen molar-refractivity contribution in [2.45, 2.75) is 32.6 Å². The Balaban J connectivity index is 2.44. The normalized spacial score (nSPS) is 12.2. The quantitative estimate of drug-likeness (QED) is 0.833.